The number of rotatable bonds is 13. The predicted molar refractivity (Wildman–Crippen MR) is 130 cm³/mol. The Bertz CT molecular complexity index is 878. The van der Waals surface area contributed by atoms with Crippen LogP contribution in [0.4, 0.5) is 0 Å². The van der Waals surface area contributed by atoms with Crippen molar-refractivity contribution in [1.82, 2.24) is 0 Å². The number of aliphatic hydroxyl groups is 1. The molecule has 0 radical (unpaired) electrons. The van der Waals surface area contributed by atoms with Gasteiger partial charge in [0.2, 0.25) is 0 Å². The monoisotopic (exact) mass is 464 g/mol. The van der Waals surface area contributed by atoms with E-state index in [1.807, 2.05) is 36.4 Å². The van der Waals surface area contributed by atoms with Gasteiger partial charge in [-0.2, -0.15) is 0 Å². The van der Waals surface area contributed by atoms with Gasteiger partial charge in [-0.1, -0.05) is 62.6 Å². The van der Waals surface area contributed by atoms with E-state index in [0.29, 0.717) is 24.3 Å². The van der Waals surface area contributed by atoms with E-state index < -0.39 is 10.8 Å². The molecule has 0 spiro atoms. The van der Waals surface area contributed by atoms with Gasteiger partial charge in [0.05, 0.1) is 16.9 Å². The van der Waals surface area contributed by atoms with E-state index in [4.69, 9.17) is 9.47 Å². The lowest BCUT2D eigenvalue weighted by molar-refractivity contribution is -0.150. The number of hydrogen-bond acceptors (Lipinski definition) is 5. The summed E-state index contributed by atoms with van der Waals surface area (Å²) in [6.45, 7) is 2.12. The fraction of sp³-hybridized carbons (Fsp3) is 0.517. The highest BCUT2D eigenvalue weighted by molar-refractivity contribution is 5.87. The summed E-state index contributed by atoms with van der Waals surface area (Å²) in [6.07, 6.45) is 7.58. The van der Waals surface area contributed by atoms with E-state index >= 15 is 0 Å². The molecule has 0 bridgehead atoms. The van der Waals surface area contributed by atoms with Crippen molar-refractivity contribution in [2.45, 2.75) is 77.2 Å². The number of aliphatic hydroxyl groups excluding tert-OH is 1. The maximum Gasteiger partial charge on any atom is 0.317 e. The molecule has 1 atom stereocenters. The van der Waals surface area contributed by atoms with Crippen molar-refractivity contribution in [1.29, 1.82) is 0 Å². The van der Waals surface area contributed by atoms with E-state index in [0.717, 1.165) is 51.4 Å². The zero-order chi connectivity index (χ0) is 24.0. The lowest BCUT2D eigenvalue weighted by Crippen LogP contribution is -2.40. The number of carbonyl (C=O) groups is 2. The van der Waals surface area contributed by atoms with E-state index in [2.05, 4.69) is 6.92 Å². The van der Waals surface area contributed by atoms with Crippen LogP contribution >= 0.6 is 0 Å². The molecule has 0 aliphatic heterocycles. The van der Waals surface area contributed by atoms with Crippen LogP contribution in [0, 0.1) is 16.7 Å². The Balaban J connectivity index is 1.51. The molecule has 2 aromatic rings. The number of benzene rings is 2. The minimum atomic E-state index is -0.656. The van der Waals surface area contributed by atoms with Gasteiger partial charge in [0.25, 0.3) is 0 Å². The zero-order valence-corrected chi connectivity index (χ0v) is 20.1. The van der Waals surface area contributed by atoms with E-state index in [1.165, 1.54) is 0 Å². The number of ether oxygens (including phenoxy) is 2. The van der Waals surface area contributed by atoms with Crippen molar-refractivity contribution in [2.24, 2.45) is 16.7 Å². The molecule has 1 unspecified atom stereocenters. The summed E-state index contributed by atoms with van der Waals surface area (Å²) in [7, 11) is 0. The molecule has 34 heavy (non-hydrogen) atoms. The fourth-order valence-electron chi connectivity index (χ4n) is 5.28. The Hall–Kier alpha value is -2.66. The van der Waals surface area contributed by atoms with E-state index in [1.54, 1.807) is 24.3 Å². The Kier molecular flexibility index (Phi) is 7.72. The van der Waals surface area contributed by atoms with Gasteiger partial charge in [0.15, 0.2) is 0 Å². The summed E-state index contributed by atoms with van der Waals surface area (Å²) in [5.74, 6) is 0.433. The standard InChI is InChI=1S/C29H36O5/c1-2-3-11-22(30)12-10-17-25(28(18-19-28)26(31)33-23-13-6-4-7-14-23)29(20-21-29)27(32)34-24-15-8-5-9-16-24/h4-9,13-16,22,25,30H,2-3,10-12,17-21H2,1H3. The summed E-state index contributed by atoms with van der Waals surface area (Å²) < 4.78 is 11.6. The summed E-state index contributed by atoms with van der Waals surface area (Å²) in [4.78, 5) is 26.8. The Morgan fingerprint density at radius 2 is 1.21 bits per heavy atom. The number of esters is 2. The first kappa shape index (κ1) is 24.5. The second-order valence-electron chi connectivity index (χ2n) is 10.00. The molecular weight excluding hydrogens is 428 g/mol. The first-order valence-electron chi connectivity index (χ1n) is 12.7. The van der Waals surface area contributed by atoms with Crippen molar-refractivity contribution < 1.29 is 24.2 Å². The summed E-state index contributed by atoms with van der Waals surface area (Å²) in [6, 6.07) is 18.3. The fourth-order valence-corrected chi connectivity index (χ4v) is 5.28. The molecule has 2 saturated carbocycles. The van der Waals surface area contributed by atoms with Crippen molar-refractivity contribution in [2.75, 3.05) is 0 Å². The molecule has 2 aromatic carbocycles. The molecule has 1 N–H and O–H groups in total. The van der Waals surface area contributed by atoms with Crippen molar-refractivity contribution in [3.05, 3.63) is 60.7 Å². The van der Waals surface area contributed by atoms with Crippen LogP contribution in [0.15, 0.2) is 60.7 Å². The third-order valence-corrected chi connectivity index (χ3v) is 7.55. The summed E-state index contributed by atoms with van der Waals surface area (Å²) in [5, 5.41) is 10.4. The van der Waals surface area contributed by atoms with Crippen LogP contribution in [-0.4, -0.2) is 23.1 Å². The van der Waals surface area contributed by atoms with Crippen LogP contribution in [0.3, 0.4) is 0 Å². The molecule has 5 heteroatoms. The van der Waals surface area contributed by atoms with Crippen LogP contribution in [0.25, 0.3) is 0 Å². The Labute approximate surface area is 202 Å². The maximum absolute atomic E-state index is 13.4. The molecular formula is C29H36O5. The van der Waals surface area contributed by atoms with Crippen LogP contribution in [0.1, 0.15) is 71.1 Å². The molecule has 0 amide bonds. The Morgan fingerprint density at radius 3 is 1.62 bits per heavy atom. The quantitative estimate of drug-likeness (QED) is 0.287. The van der Waals surface area contributed by atoms with Gasteiger partial charge >= 0.3 is 11.9 Å². The predicted octanol–water partition coefficient (Wildman–Crippen LogP) is 6.10. The van der Waals surface area contributed by atoms with Gasteiger partial charge in [-0.05, 0) is 75.1 Å². The normalized spacial score (nSPS) is 18.2. The first-order valence-corrected chi connectivity index (χ1v) is 12.7. The third-order valence-electron chi connectivity index (χ3n) is 7.55. The second kappa shape index (κ2) is 10.7. The number of para-hydroxylation sites is 2. The van der Waals surface area contributed by atoms with Gasteiger partial charge in [-0.25, -0.2) is 0 Å². The van der Waals surface area contributed by atoms with Crippen LogP contribution < -0.4 is 9.47 Å². The average Bonchev–Trinajstić information content (AvgIpc) is 3.77. The molecule has 0 aromatic heterocycles. The molecule has 2 fully saturated rings. The molecule has 2 aliphatic rings. The summed E-state index contributed by atoms with van der Waals surface area (Å²) >= 11 is 0. The lowest BCUT2D eigenvalue weighted by atomic mass is 9.73. The van der Waals surface area contributed by atoms with Crippen molar-refractivity contribution in [3.8, 4) is 11.5 Å². The average molecular weight is 465 g/mol. The topological polar surface area (TPSA) is 72.8 Å². The molecule has 4 rings (SSSR count). The smallest absolute Gasteiger partial charge is 0.317 e. The maximum atomic E-state index is 13.4. The van der Waals surface area contributed by atoms with Crippen molar-refractivity contribution >= 4 is 11.9 Å². The van der Waals surface area contributed by atoms with Crippen molar-refractivity contribution in [3.63, 3.8) is 0 Å². The SMILES string of the molecule is CCCCC(O)CCCC(C1(C(=O)Oc2ccccc2)CC1)C1(C(=O)Oc2ccccc2)CC1. The molecule has 0 saturated heterocycles. The Morgan fingerprint density at radius 1 is 0.765 bits per heavy atom. The molecule has 0 heterocycles. The highest BCUT2D eigenvalue weighted by Crippen LogP contribution is 2.67. The number of unbranched alkanes of at least 4 members (excludes halogenated alkanes) is 1. The highest BCUT2D eigenvalue weighted by Gasteiger charge is 2.69. The molecule has 2 aliphatic carbocycles. The minimum Gasteiger partial charge on any atom is -0.426 e. The van der Waals surface area contributed by atoms with Gasteiger partial charge in [-0.3, -0.25) is 9.59 Å². The molecule has 5 nitrogen and oxygen atoms in total. The highest BCUT2D eigenvalue weighted by atomic mass is 16.5. The van der Waals surface area contributed by atoms with Crippen LogP contribution in [0.2, 0.25) is 0 Å². The molecule has 182 valence electrons. The number of hydrogen-bond donors (Lipinski definition) is 1. The van der Waals surface area contributed by atoms with Gasteiger partial charge in [0, 0.05) is 0 Å². The largest absolute Gasteiger partial charge is 0.426 e. The number of carbonyl (C=O) groups excluding carboxylic acids is 2. The van der Waals surface area contributed by atoms with E-state index in [9.17, 15) is 14.7 Å². The van der Waals surface area contributed by atoms with E-state index in [-0.39, 0.29) is 24.0 Å². The van der Waals surface area contributed by atoms with Gasteiger partial charge in [-0.15, -0.1) is 0 Å². The lowest BCUT2D eigenvalue weighted by Gasteiger charge is -2.32. The van der Waals surface area contributed by atoms with Gasteiger partial charge < -0.3 is 14.6 Å². The summed E-state index contributed by atoms with van der Waals surface area (Å²) in [5.41, 5.74) is -1.31. The first-order chi connectivity index (χ1) is 16.5. The zero-order valence-electron chi connectivity index (χ0n) is 20.1. The second-order valence-corrected chi connectivity index (χ2v) is 10.00. The minimum absolute atomic E-state index is 0.147. The third kappa shape index (κ3) is 5.52. The van der Waals surface area contributed by atoms with Gasteiger partial charge in [0.1, 0.15) is 11.5 Å². The van der Waals surface area contributed by atoms with Crippen LogP contribution in [0.5, 0.6) is 11.5 Å². The van der Waals surface area contributed by atoms with Crippen LogP contribution in [-0.2, 0) is 9.59 Å².